The maximum Gasteiger partial charge on any atom is 0.413 e. The van der Waals surface area contributed by atoms with E-state index in [1.54, 1.807) is 18.3 Å². The lowest BCUT2D eigenvalue weighted by Crippen LogP contribution is -2.32. The lowest BCUT2D eigenvalue weighted by Gasteiger charge is -2.22. The number of benzene rings is 1. The van der Waals surface area contributed by atoms with Crippen molar-refractivity contribution < 1.29 is 23.4 Å². The molecule has 2 aromatic heterocycles. The molecule has 3 aromatic rings. The molecule has 3 aliphatic rings. The molecule has 1 spiro atoms. The predicted octanol–water partition coefficient (Wildman–Crippen LogP) is 3.54. The standard InChI is InChI=1S/C26H29FN6O4/c1-14-18(10-31-24-23(14)29-4-6-35-24)17-7-15-8-20(30-11-19(15)22(28)21(17)27)32-25(34)37-16-9-26(36-12-16)3-5-33(2)13-26/h7-8,10-11,16,29H,3-6,9,12-13,28H2,1-2H3,(H,30,32,34)/t16-,26+/m1/s1. The number of carbonyl (C=O) groups excluding carboxylic acids is 1. The third-order valence-corrected chi connectivity index (χ3v) is 7.42. The molecule has 0 bridgehead atoms. The van der Waals surface area contributed by atoms with E-state index in [1.165, 1.54) is 6.20 Å². The molecule has 2 saturated heterocycles. The molecule has 10 nitrogen and oxygen atoms in total. The molecule has 1 amide bonds. The molecule has 5 heterocycles. The molecule has 37 heavy (non-hydrogen) atoms. The van der Waals surface area contributed by atoms with Gasteiger partial charge < -0.3 is 30.2 Å². The quantitative estimate of drug-likeness (QED) is 0.456. The predicted molar refractivity (Wildman–Crippen MR) is 137 cm³/mol. The number of amides is 1. The normalized spacial score (nSPS) is 23.1. The van der Waals surface area contributed by atoms with Gasteiger partial charge in [-0.2, -0.15) is 0 Å². The highest BCUT2D eigenvalue weighted by Crippen LogP contribution is 2.40. The lowest BCUT2D eigenvalue weighted by atomic mass is 9.97. The fraction of sp³-hybridized carbons (Fsp3) is 0.423. The van der Waals surface area contributed by atoms with Crippen LogP contribution in [0.3, 0.4) is 0 Å². The lowest BCUT2D eigenvalue weighted by molar-refractivity contribution is 0.00999. The summed E-state index contributed by atoms with van der Waals surface area (Å²) in [4.78, 5) is 23.4. The number of aromatic nitrogens is 2. The van der Waals surface area contributed by atoms with Crippen molar-refractivity contribution in [3.63, 3.8) is 0 Å². The second-order valence-corrected chi connectivity index (χ2v) is 10.0. The average Bonchev–Trinajstić information content (AvgIpc) is 3.45. The van der Waals surface area contributed by atoms with E-state index >= 15 is 4.39 Å². The first kappa shape index (κ1) is 23.7. The van der Waals surface area contributed by atoms with Crippen molar-refractivity contribution in [3.05, 3.63) is 35.9 Å². The van der Waals surface area contributed by atoms with Crippen molar-refractivity contribution in [3.8, 4) is 17.0 Å². The molecule has 0 unspecified atom stereocenters. The topological polar surface area (TPSA) is 124 Å². The van der Waals surface area contributed by atoms with Crippen molar-refractivity contribution in [2.45, 2.75) is 31.5 Å². The molecule has 1 aromatic carbocycles. The first-order valence-electron chi connectivity index (χ1n) is 12.4. The average molecular weight is 509 g/mol. The van der Waals surface area contributed by atoms with Crippen molar-refractivity contribution >= 4 is 34.1 Å². The van der Waals surface area contributed by atoms with Gasteiger partial charge in [0, 0.05) is 55.0 Å². The zero-order valence-electron chi connectivity index (χ0n) is 20.8. The van der Waals surface area contributed by atoms with E-state index in [2.05, 4.69) is 32.5 Å². The van der Waals surface area contributed by atoms with E-state index in [-0.39, 0.29) is 23.2 Å². The molecule has 0 radical (unpaired) electrons. The Balaban J connectivity index is 1.24. The van der Waals surface area contributed by atoms with Crippen molar-refractivity contribution in [2.24, 2.45) is 0 Å². The highest BCUT2D eigenvalue weighted by Gasteiger charge is 2.45. The number of nitrogens with one attached hydrogen (secondary N) is 2. The Bertz CT molecular complexity index is 1400. The second kappa shape index (κ2) is 9.00. The monoisotopic (exact) mass is 508 g/mol. The van der Waals surface area contributed by atoms with Crippen LogP contribution in [-0.4, -0.2) is 72.6 Å². The van der Waals surface area contributed by atoms with Gasteiger partial charge in [0.25, 0.3) is 0 Å². The Morgan fingerprint density at radius 3 is 3.00 bits per heavy atom. The molecule has 3 aliphatic heterocycles. The van der Waals surface area contributed by atoms with E-state index in [4.69, 9.17) is 19.9 Å². The molecular weight excluding hydrogens is 479 g/mol. The number of pyridine rings is 2. The molecule has 0 aliphatic carbocycles. The number of rotatable bonds is 3. The summed E-state index contributed by atoms with van der Waals surface area (Å²) in [6, 6.07) is 3.33. The molecule has 2 fully saturated rings. The third kappa shape index (κ3) is 4.27. The fourth-order valence-electron chi connectivity index (χ4n) is 5.55. The van der Waals surface area contributed by atoms with Gasteiger partial charge in [0.1, 0.15) is 24.2 Å². The second-order valence-electron chi connectivity index (χ2n) is 10.0. The molecule has 194 valence electrons. The molecule has 2 atom stereocenters. The third-order valence-electron chi connectivity index (χ3n) is 7.42. The number of hydrogen-bond donors (Lipinski definition) is 3. The minimum Gasteiger partial charge on any atom is -0.474 e. The van der Waals surface area contributed by atoms with Crippen LogP contribution in [0.2, 0.25) is 0 Å². The van der Waals surface area contributed by atoms with Gasteiger partial charge in [-0.25, -0.2) is 19.2 Å². The summed E-state index contributed by atoms with van der Waals surface area (Å²) in [6.07, 6.45) is 3.70. The summed E-state index contributed by atoms with van der Waals surface area (Å²) in [7, 11) is 2.06. The summed E-state index contributed by atoms with van der Waals surface area (Å²) in [5, 5.41) is 7.02. The molecule has 6 rings (SSSR count). The Hall–Kier alpha value is -3.70. The number of carbonyl (C=O) groups is 1. The zero-order chi connectivity index (χ0) is 25.7. The van der Waals surface area contributed by atoms with Crippen LogP contribution in [0.25, 0.3) is 21.9 Å². The van der Waals surface area contributed by atoms with Crippen molar-refractivity contribution in [1.29, 1.82) is 0 Å². The fourth-order valence-corrected chi connectivity index (χ4v) is 5.55. The minimum atomic E-state index is -0.611. The smallest absolute Gasteiger partial charge is 0.413 e. The van der Waals surface area contributed by atoms with E-state index in [1.807, 2.05) is 6.92 Å². The van der Waals surface area contributed by atoms with Gasteiger partial charge in [-0.15, -0.1) is 0 Å². The van der Waals surface area contributed by atoms with Gasteiger partial charge in [0.15, 0.2) is 5.82 Å². The van der Waals surface area contributed by atoms with Crippen molar-refractivity contribution in [1.82, 2.24) is 14.9 Å². The van der Waals surface area contributed by atoms with Gasteiger partial charge in [0.2, 0.25) is 5.88 Å². The SMILES string of the molecule is Cc1c(-c2cc3cc(NC(=O)O[C@H]4CO[C@@]5(CCN(C)C5)C4)ncc3c(N)c2F)cnc2c1NCCO2. The number of ether oxygens (including phenoxy) is 3. The van der Waals surface area contributed by atoms with Gasteiger partial charge >= 0.3 is 6.09 Å². The van der Waals surface area contributed by atoms with Gasteiger partial charge in [-0.1, -0.05) is 0 Å². The first-order chi connectivity index (χ1) is 17.8. The molecule has 11 heteroatoms. The van der Waals surface area contributed by atoms with E-state index in [9.17, 15) is 4.79 Å². The number of likely N-dealkylation sites (N-methyl/N-ethyl adjacent to an activating group) is 1. The van der Waals surface area contributed by atoms with Crippen LogP contribution in [0, 0.1) is 12.7 Å². The molecule has 4 N–H and O–H groups in total. The summed E-state index contributed by atoms with van der Waals surface area (Å²) in [5.41, 5.74) is 8.36. The summed E-state index contributed by atoms with van der Waals surface area (Å²) in [6.45, 7) is 5.23. The number of nitrogen functional groups attached to an aromatic ring is 1. The highest BCUT2D eigenvalue weighted by molar-refractivity contribution is 5.99. The Labute approximate surface area is 213 Å². The maximum absolute atomic E-state index is 15.4. The minimum absolute atomic E-state index is 0.0228. The molecule has 0 saturated carbocycles. The summed E-state index contributed by atoms with van der Waals surface area (Å²) in [5.74, 6) is 0.220. The van der Waals surface area contributed by atoms with Crippen LogP contribution in [-0.2, 0) is 9.47 Å². The van der Waals surface area contributed by atoms with Crippen LogP contribution in [0.1, 0.15) is 18.4 Å². The van der Waals surface area contributed by atoms with Crippen LogP contribution >= 0.6 is 0 Å². The largest absolute Gasteiger partial charge is 0.474 e. The maximum atomic E-state index is 15.4. The number of likely N-dealkylation sites (tertiary alicyclic amines) is 1. The number of hydrogen-bond acceptors (Lipinski definition) is 9. The van der Waals surface area contributed by atoms with E-state index in [0.29, 0.717) is 54.0 Å². The number of fused-ring (bicyclic) bond motifs is 2. The van der Waals surface area contributed by atoms with Crippen LogP contribution in [0.5, 0.6) is 5.88 Å². The number of anilines is 3. The van der Waals surface area contributed by atoms with Gasteiger partial charge in [-0.3, -0.25) is 5.32 Å². The Kier molecular flexibility index (Phi) is 5.76. The van der Waals surface area contributed by atoms with Crippen LogP contribution < -0.4 is 21.1 Å². The highest BCUT2D eigenvalue weighted by atomic mass is 19.1. The van der Waals surface area contributed by atoms with E-state index in [0.717, 1.165) is 30.8 Å². The first-order valence-corrected chi connectivity index (χ1v) is 12.4. The van der Waals surface area contributed by atoms with Gasteiger partial charge in [0.05, 0.1) is 17.9 Å². The Morgan fingerprint density at radius 1 is 1.32 bits per heavy atom. The zero-order valence-corrected chi connectivity index (χ0v) is 20.8. The molecular formula is C26H29FN6O4. The van der Waals surface area contributed by atoms with Gasteiger partial charge in [-0.05, 0) is 43.5 Å². The van der Waals surface area contributed by atoms with Crippen LogP contribution in [0.15, 0.2) is 24.5 Å². The Morgan fingerprint density at radius 2 is 2.19 bits per heavy atom. The summed E-state index contributed by atoms with van der Waals surface area (Å²) < 4.78 is 32.6. The van der Waals surface area contributed by atoms with Crippen LogP contribution in [0.4, 0.5) is 26.4 Å². The van der Waals surface area contributed by atoms with Crippen molar-refractivity contribution in [2.75, 3.05) is 56.3 Å². The van der Waals surface area contributed by atoms with E-state index < -0.39 is 11.9 Å². The number of nitrogens with zero attached hydrogens (tertiary/aromatic N) is 3. The summed E-state index contributed by atoms with van der Waals surface area (Å²) >= 11 is 0. The number of halogens is 1. The number of nitrogens with two attached hydrogens (primary N) is 1.